The van der Waals surface area contributed by atoms with E-state index in [1.807, 2.05) is 30.3 Å². The Hall–Kier alpha value is -2.50. The molecule has 1 saturated carbocycles. The second-order valence-electron chi connectivity index (χ2n) is 6.34. The Morgan fingerprint density at radius 1 is 1.35 bits per heavy atom. The molecule has 1 spiro atoms. The number of aromatic nitrogens is 2. The van der Waals surface area contributed by atoms with Gasteiger partial charge in [-0.25, -0.2) is 4.79 Å². The standard InChI is InChI=1S/C17H20N4O2/c22-16(18-11-12-6-9-19-21-12)20-14-10-17(7-3-8-17)23-15-5-2-1-4-13(14)15/h1-2,4-6,9,14H,3,7-8,10-11H2,(H,19,21)(H2,18,20,22)/t14-/m0/s1. The monoisotopic (exact) mass is 312 g/mol. The molecule has 6 nitrogen and oxygen atoms in total. The van der Waals surface area contributed by atoms with Crippen LogP contribution in [0.4, 0.5) is 4.79 Å². The lowest BCUT2D eigenvalue weighted by molar-refractivity contribution is -0.0355. The van der Waals surface area contributed by atoms with E-state index in [1.54, 1.807) is 6.20 Å². The van der Waals surface area contributed by atoms with Crippen molar-refractivity contribution in [2.45, 2.75) is 43.9 Å². The van der Waals surface area contributed by atoms with Gasteiger partial charge in [-0.1, -0.05) is 18.2 Å². The van der Waals surface area contributed by atoms with E-state index < -0.39 is 0 Å². The van der Waals surface area contributed by atoms with Crippen molar-refractivity contribution in [3.63, 3.8) is 0 Å². The van der Waals surface area contributed by atoms with Crippen LogP contribution in [0.25, 0.3) is 0 Å². The summed E-state index contributed by atoms with van der Waals surface area (Å²) in [5.41, 5.74) is 1.85. The molecule has 120 valence electrons. The molecule has 1 atom stereocenters. The first-order valence-electron chi connectivity index (χ1n) is 8.05. The lowest BCUT2D eigenvalue weighted by atomic mass is 9.73. The van der Waals surface area contributed by atoms with Gasteiger partial charge >= 0.3 is 6.03 Å². The van der Waals surface area contributed by atoms with Crippen molar-refractivity contribution in [2.75, 3.05) is 0 Å². The number of aromatic amines is 1. The maximum Gasteiger partial charge on any atom is 0.315 e. The van der Waals surface area contributed by atoms with Crippen LogP contribution < -0.4 is 15.4 Å². The van der Waals surface area contributed by atoms with Gasteiger partial charge in [0.05, 0.1) is 18.3 Å². The first kappa shape index (κ1) is 14.1. The van der Waals surface area contributed by atoms with Gasteiger partial charge in [-0.15, -0.1) is 0 Å². The lowest BCUT2D eigenvalue weighted by Gasteiger charge is -2.48. The van der Waals surface area contributed by atoms with Gasteiger partial charge in [-0.3, -0.25) is 5.10 Å². The highest BCUT2D eigenvalue weighted by Crippen LogP contribution is 2.48. The Balaban J connectivity index is 1.45. The van der Waals surface area contributed by atoms with E-state index in [4.69, 9.17) is 4.74 Å². The Kier molecular flexibility index (Phi) is 3.44. The van der Waals surface area contributed by atoms with E-state index in [-0.39, 0.29) is 17.7 Å². The predicted molar refractivity (Wildman–Crippen MR) is 85.0 cm³/mol. The minimum atomic E-state index is -0.171. The zero-order valence-electron chi connectivity index (χ0n) is 12.8. The quantitative estimate of drug-likeness (QED) is 0.815. The van der Waals surface area contributed by atoms with E-state index in [9.17, 15) is 4.79 Å². The average Bonchev–Trinajstić information content (AvgIpc) is 3.05. The van der Waals surface area contributed by atoms with Crippen molar-refractivity contribution in [1.82, 2.24) is 20.8 Å². The fourth-order valence-electron chi connectivity index (χ4n) is 3.39. The van der Waals surface area contributed by atoms with Gasteiger partial charge in [0, 0.05) is 18.2 Å². The molecule has 6 heteroatoms. The van der Waals surface area contributed by atoms with Crippen molar-refractivity contribution >= 4 is 6.03 Å². The molecular formula is C17H20N4O2. The van der Waals surface area contributed by atoms with Gasteiger partial charge < -0.3 is 15.4 Å². The number of hydrogen-bond acceptors (Lipinski definition) is 3. The summed E-state index contributed by atoms with van der Waals surface area (Å²) in [6.07, 6.45) is 5.83. The summed E-state index contributed by atoms with van der Waals surface area (Å²) in [7, 11) is 0. The number of rotatable bonds is 3. The first-order chi connectivity index (χ1) is 11.2. The maximum atomic E-state index is 12.2. The molecule has 0 radical (unpaired) electrons. The molecule has 1 aromatic carbocycles. The maximum absolute atomic E-state index is 12.2. The Morgan fingerprint density at radius 3 is 2.96 bits per heavy atom. The number of H-pyrrole nitrogens is 1. The fourth-order valence-corrected chi connectivity index (χ4v) is 3.39. The molecular weight excluding hydrogens is 292 g/mol. The van der Waals surface area contributed by atoms with E-state index in [2.05, 4.69) is 20.8 Å². The summed E-state index contributed by atoms with van der Waals surface area (Å²) in [5, 5.41) is 12.7. The molecule has 3 N–H and O–H groups in total. The van der Waals surface area contributed by atoms with Crippen LogP contribution in [-0.2, 0) is 6.54 Å². The summed E-state index contributed by atoms with van der Waals surface area (Å²) in [5.74, 6) is 0.900. The molecule has 23 heavy (non-hydrogen) atoms. The molecule has 2 amide bonds. The topological polar surface area (TPSA) is 79.0 Å². The highest BCUT2D eigenvalue weighted by atomic mass is 16.5. The minimum Gasteiger partial charge on any atom is -0.487 e. The van der Waals surface area contributed by atoms with E-state index in [1.165, 1.54) is 6.42 Å². The molecule has 1 aliphatic heterocycles. The highest BCUT2D eigenvalue weighted by molar-refractivity contribution is 5.74. The zero-order chi connectivity index (χ0) is 15.7. The van der Waals surface area contributed by atoms with Gasteiger partial charge in [0.1, 0.15) is 11.4 Å². The van der Waals surface area contributed by atoms with Crippen LogP contribution in [0.2, 0.25) is 0 Å². The Labute approximate surface area is 134 Å². The molecule has 2 aromatic rings. The van der Waals surface area contributed by atoms with Crippen LogP contribution in [0.5, 0.6) is 5.75 Å². The summed E-state index contributed by atoms with van der Waals surface area (Å²) in [6, 6.07) is 9.64. The summed E-state index contributed by atoms with van der Waals surface area (Å²) in [4.78, 5) is 12.2. The van der Waals surface area contributed by atoms with Gasteiger partial charge in [0.2, 0.25) is 0 Å². The SMILES string of the molecule is O=C(NCc1ccn[nH]1)N[C@H]1CC2(CCC2)Oc2ccccc21. The minimum absolute atomic E-state index is 0.0120. The van der Waals surface area contributed by atoms with Crippen LogP contribution in [0, 0.1) is 0 Å². The molecule has 1 aliphatic carbocycles. The second kappa shape index (κ2) is 5.61. The van der Waals surface area contributed by atoms with Crippen molar-refractivity contribution < 1.29 is 9.53 Å². The zero-order valence-corrected chi connectivity index (χ0v) is 12.8. The molecule has 4 rings (SSSR count). The van der Waals surface area contributed by atoms with Crippen LogP contribution in [0.3, 0.4) is 0 Å². The van der Waals surface area contributed by atoms with Crippen LogP contribution in [-0.4, -0.2) is 21.8 Å². The number of hydrogen-bond donors (Lipinski definition) is 3. The Morgan fingerprint density at radius 2 is 2.22 bits per heavy atom. The van der Waals surface area contributed by atoms with Crippen molar-refractivity contribution in [3.8, 4) is 5.75 Å². The number of para-hydroxylation sites is 1. The number of ether oxygens (including phenoxy) is 1. The molecule has 1 aromatic heterocycles. The number of carbonyl (C=O) groups excluding carboxylic acids is 1. The van der Waals surface area contributed by atoms with E-state index in [0.717, 1.165) is 36.3 Å². The average molecular weight is 312 g/mol. The number of carbonyl (C=O) groups is 1. The third-order valence-electron chi connectivity index (χ3n) is 4.76. The van der Waals surface area contributed by atoms with Gasteiger partial charge in [0.15, 0.2) is 0 Å². The van der Waals surface area contributed by atoms with Crippen molar-refractivity contribution in [3.05, 3.63) is 47.8 Å². The second-order valence-corrected chi connectivity index (χ2v) is 6.34. The largest absolute Gasteiger partial charge is 0.487 e. The number of urea groups is 1. The highest BCUT2D eigenvalue weighted by Gasteiger charge is 2.45. The van der Waals surface area contributed by atoms with Crippen LogP contribution >= 0.6 is 0 Å². The molecule has 0 unspecified atom stereocenters. The molecule has 0 bridgehead atoms. The lowest BCUT2D eigenvalue weighted by Crippen LogP contribution is -2.50. The third-order valence-corrected chi connectivity index (χ3v) is 4.76. The van der Waals surface area contributed by atoms with Gasteiger partial charge in [0.25, 0.3) is 0 Å². The molecule has 2 heterocycles. The molecule has 2 aliphatic rings. The smallest absolute Gasteiger partial charge is 0.315 e. The number of amides is 2. The first-order valence-corrected chi connectivity index (χ1v) is 8.05. The number of fused-ring (bicyclic) bond motifs is 1. The van der Waals surface area contributed by atoms with Crippen molar-refractivity contribution in [1.29, 1.82) is 0 Å². The number of nitrogens with one attached hydrogen (secondary N) is 3. The van der Waals surface area contributed by atoms with Gasteiger partial charge in [-0.2, -0.15) is 5.10 Å². The third kappa shape index (κ3) is 2.76. The van der Waals surface area contributed by atoms with Crippen LogP contribution in [0.1, 0.15) is 43.0 Å². The molecule has 1 fully saturated rings. The van der Waals surface area contributed by atoms with E-state index in [0.29, 0.717) is 6.54 Å². The summed E-state index contributed by atoms with van der Waals surface area (Å²) >= 11 is 0. The fraction of sp³-hybridized carbons (Fsp3) is 0.412. The van der Waals surface area contributed by atoms with Crippen molar-refractivity contribution in [2.24, 2.45) is 0 Å². The van der Waals surface area contributed by atoms with Gasteiger partial charge in [-0.05, 0) is 31.4 Å². The summed E-state index contributed by atoms with van der Waals surface area (Å²) < 4.78 is 6.20. The molecule has 0 saturated heterocycles. The van der Waals surface area contributed by atoms with E-state index >= 15 is 0 Å². The Bertz CT molecular complexity index is 694. The number of nitrogens with zero attached hydrogens (tertiary/aromatic N) is 1. The number of benzene rings is 1. The normalized spacial score (nSPS) is 21.0. The summed E-state index contributed by atoms with van der Waals surface area (Å²) in [6.45, 7) is 0.432. The van der Waals surface area contributed by atoms with Crippen LogP contribution in [0.15, 0.2) is 36.5 Å². The predicted octanol–water partition coefficient (Wildman–Crippen LogP) is 2.66.